The highest BCUT2D eigenvalue weighted by atomic mass is 19.1. The molecule has 2 rings (SSSR count). The molecule has 0 aromatic heterocycles. The third-order valence-electron chi connectivity index (χ3n) is 3.78. The molecule has 0 aliphatic heterocycles. The lowest BCUT2D eigenvalue weighted by atomic mass is 10.1. The summed E-state index contributed by atoms with van der Waals surface area (Å²) in [7, 11) is 3.34. The van der Waals surface area contributed by atoms with Gasteiger partial charge in [0.05, 0.1) is 18.8 Å². The van der Waals surface area contributed by atoms with Gasteiger partial charge < -0.3 is 10.1 Å². The number of hydrogen-bond acceptors (Lipinski definition) is 3. The second kappa shape index (κ2) is 7.74. The molecule has 23 heavy (non-hydrogen) atoms. The van der Waals surface area contributed by atoms with Crippen LogP contribution in [0.2, 0.25) is 0 Å². The zero-order valence-electron chi connectivity index (χ0n) is 13.5. The third-order valence-corrected chi connectivity index (χ3v) is 3.78. The van der Waals surface area contributed by atoms with Crippen LogP contribution in [0, 0.1) is 5.82 Å². The molecule has 0 spiro atoms. The first-order valence-corrected chi connectivity index (χ1v) is 7.40. The Morgan fingerprint density at radius 2 is 1.87 bits per heavy atom. The van der Waals surface area contributed by atoms with Crippen molar-refractivity contribution in [2.45, 2.75) is 19.5 Å². The molecule has 1 atom stereocenters. The number of carbonyl (C=O) groups is 1. The number of hydrogen-bond donors (Lipinski definition) is 1. The van der Waals surface area contributed by atoms with Gasteiger partial charge in [0.25, 0.3) is 0 Å². The van der Waals surface area contributed by atoms with Crippen molar-refractivity contribution in [3.05, 3.63) is 59.9 Å². The summed E-state index contributed by atoms with van der Waals surface area (Å²) in [6.07, 6.45) is 0. The van der Waals surface area contributed by atoms with Crippen molar-refractivity contribution < 1.29 is 13.9 Å². The Kier molecular flexibility index (Phi) is 5.71. The summed E-state index contributed by atoms with van der Waals surface area (Å²) in [5, 5.41) is 2.84. The van der Waals surface area contributed by atoms with Gasteiger partial charge in [-0.1, -0.05) is 30.3 Å². The van der Waals surface area contributed by atoms with Crippen molar-refractivity contribution in [1.29, 1.82) is 0 Å². The SMILES string of the molecule is COc1ccccc1NC(=O)C(C)N(C)Cc1ccccc1F. The van der Waals surface area contributed by atoms with Gasteiger partial charge in [0.15, 0.2) is 0 Å². The Morgan fingerprint density at radius 1 is 1.22 bits per heavy atom. The number of carbonyl (C=O) groups excluding carboxylic acids is 1. The Hall–Kier alpha value is -2.40. The number of benzene rings is 2. The minimum atomic E-state index is -0.417. The van der Waals surface area contributed by atoms with E-state index in [1.54, 1.807) is 56.3 Å². The summed E-state index contributed by atoms with van der Waals surface area (Å²) in [4.78, 5) is 14.2. The van der Waals surface area contributed by atoms with E-state index in [0.717, 1.165) is 0 Å². The highest BCUT2D eigenvalue weighted by Crippen LogP contribution is 2.23. The standard InChI is InChI=1S/C18H21FN2O2/c1-13(21(2)12-14-8-4-5-9-15(14)19)18(22)20-16-10-6-7-11-17(16)23-3/h4-11,13H,12H2,1-3H3,(H,20,22). The maximum absolute atomic E-state index is 13.7. The topological polar surface area (TPSA) is 41.6 Å². The summed E-state index contributed by atoms with van der Waals surface area (Å²) in [6, 6.07) is 13.4. The summed E-state index contributed by atoms with van der Waals surface area (Å²) >= 11 is 0. The van der Waals surface area contributed by atoms with Crippen molar-refractivity contribution >= 4 is 11.6 Å². The fourth-order valence-electron chi connectivity index (χ4n) is 2.22. The number of ether oxygens (including phenoxy) is 1. The van der Waals surface area contributed by atoms with E-state index < -0.39 is 6.04 Å². The zero-order valence-corrected chi connectivity index (χ0v) is 13.5. The molecule has 4 nitrogen and oxygen atoms in total. The van der Waals surface area contributed by atoms with Gasteiger partial charge >= 0.3 is 0 Å². The zero-order chi connectivity index (χ0) is 16.8. The first-order valence-electron chi connectivity index (χ1n) is 7.40. The lowest BCUT2D eigenvalue weighted by Crippen LogP contribution is -2.39. The number of amides is 1. The number of rotatable bonds is 6. The van der Waals surface area contributed by atoms with E-state index in [4.69, 9.17) is 4.74 Å². The van der Waals surface area contributed by atoms with E-state index in [1.165, 1.54) is 6.07 Å². The van der Waals surface area contributed by atoms with Crippen LogP contribution in [0.15, 0.2) is 48.5 Å². The molecule has 0 aliphatic carbocycles. The molecule has 0 saturated heterocycles. The number of anilines is 1. The Balaban J connectivity index is 2.03. The maximum atomic E-state index is 13.7. The van der Waals surface area contributed by atoms with Crippen molar-refractivity contribution in [3.8, 4) is 5.75 Å². The molecule has 2 aromatic rings. The molecule has 0 fully saturated rings. The Bertz CT molecular complexity index is 676. The largest absolute Gasteiger partial charge is 0.495 e. The molecule has 5 heteroatoms. The van der Waals surface area contributed by atoms with Gasteiger partial charge in [0.2, 0.25) is 5.91 Å². The average molecular weight is 316 g/mol. The van der Waals surface area contributed by atoms with Gasteiger partial charge in [-0.15, -0.1) is 0 Å². The van der Waals surface area contributed by atoms with Gasteiger partial charge in [-0.3, -0.25) is 9.69 Å². The van der Waals surface area contributed by atoms with Crippen molar-refractivity contribution in [3.63, 3.8) is 0 Å². The van der Waals surface area contributed by atoms with Gasteiger partial charge in [-0.25, -0.2) is 4.39 Å². The quantitative estimate of drug-likeness (QED) is 0.889. The van der Waals surface area contributed by atoms with Crippen LogP contribution < -0.4 is 10.1 Å². The van der Waals surface area contributed by atoms with Crippen LogP contribution in [0.1, 0.15) is 12.5 Å². The summed E-state index contributed by atoms with van der Waals surface area (Å²) in [6.45, 7) is 2.14. The molecule has 0 radical (unpaired) electrons. The maximum Gasteiger partial charge on any atom is 0.241 e. The minimum absolute atomic E-state index is 0.173. The molecular weight excluding hydrogens is 295 g/mol. The predicted octanol–water partition coefficient (Wildman–Crippen LogP) is 3.29. The van der Waals surface area contributed by atoms with Crippen molar-refractivity contribution in [1.82, 2.24) is 4.90 Å². The Morgan fingerprint density at radius 3 is 2.57 bits per heavy atom. The Labute approximate surface area is 135 Å². The van der Waals surface area contributed by atoms with Crippen molar-refractivity contribution in [2.24, 2.45) is 0 Å². The van der Waals surface area contributed by atoms with E-state index in [0.29, 0.717) is 23.5 Å². The van der Waals surface area contributed by atoms with E-state index in [9.17, 15) is 9.18 Å². The second-order valence-corrected chi connectivity index (χ2v) is 5.37. The van der Waals surface area contributed by atoms with Gasteiger partial charge in [-0.05, 0) is 32.2 Å². The van der Waals surface area contributed by atoms with Gasteiger partial charge in [0.1, 0.15) is 11.6 Å². The third kappa shape index (κ3) is 4.29. The smallest absolute Gasteiger partial charge is 0.241 e. The van der Waals surface area contributed by atoms with E-state index >= 15 is 0 Å². The molecular formula is C18H21FN2O2. The van der Waals surface area contributed by atoms with Crippen LogP contribution in [0.25, 0.3) is 0 Å². The summed E-state index contributed by atoms with van der Waals surface area (Å²) < 4.78 is 18.9. The summed E-state index contributed by atoms with van der Waals surface area (Å²) in [5.41, 5.74) is 1.18. The summed E-state index contributed by atoms with van der Waals surface area (Å²) in [5.74, 6) is 0.162. The van der Waals surface area contributed by atoms with Gasteiger partial charge in [0, 0.05) is 12.1 Å². The van der Waals surface area contributed by atoms with Crippen LogP contribution in [0.3, 0.4) is 0 Å². The number of nitrogens with zero attached hydrogens (tertiary/aromatic N) is 1. The number of nitrogens with one attached hydrogen (secondary N) is 1. The fraction of sp³-hybridized carbons (Fsp3) is 0.278. The molecule has 0 saturated carbocycles. The minimum Gasteiger partial charge on any atom is -0.495 e. The molecule has 0 bridgehead atoms. The lowest BCUT2D eigenvalue weighted by Gasteiger charge is -2.24. The predicted molar refractivity (Wildman–Crippen MR) is 89.0 cm³/mol. The van der Waals surface area contributed by atoms with E-state index in [1.807, 2.05) is 12.1 Å². The molecule has 1 N–H and O–H groups in total. The van der Waals surface area contributed by atoms with Crippen LogP contribution in [-0.2, 0) is 11.3 Å². The molecule has 0 aliphatic rings. The van der Waals surface area contributed by atoms with E-state index in [2.05, 4.69) is 5.32 Å². The first-order chi connectivity index (χ1) is 11.0. The number of likely N-dealkylation sites (N-methyl/N-ethyl adjacent to an activating group) is 1. The number of halogens is 1. The first kappa shape index (κ1) is 17.0. The normalized spacial score (nSPS) is 12.0. The van der Waals surface area contributed by atoms with Crippen LogP contribution >= 0.6 is 0 Å². The fourth-order valence-corrected chi connectivity index (χ4v) is 2.22. The monoisotopic (exact) mass is 316 g/mol. The highest BCUT2D eigenvalue weighted by molar-refractivity contribution is 5.95. The van der Waals surface area contributed by atoms with E-state index in [-0.39, 0.29) is 11.7 Å². The number of methoxy groups -OCH3 is 1. The molecule has 122 valence electrons. The molecule has 2 aromatic carbocycles. The highest BCUT2D eigenvalue weighted by Gasteiger charge is 2.20. The molecule has 1 unspecified atom stereocenters. The molecule has 1 amide bonds. The van der Waals surface area contributed by atoms with Crippen LogP contribution in [-0.4, -0.2) is 31.0 Å². The lowest BCUT2D eigenvalue weighted by molar-refractivity contribution is -0.120. The van der Waals surface area contributed by atoms with Gasteiger partial charge in [-0.2, -0.15) is 0 Å². The van der Waals surface area contributed by atoms with Crippen LogP contribution in [0.4, 0.5) is 10.1 Å². The van der Waals surface area contributed by atoms with Crippen LogP contribution in [0.5, 0.6) is 5.75 Å². The number of para-hydroxylation sites is 2. The van der Waals surface area contributed by atoms with Crippen molar-refractivity contribution in [2.75, 3.05) is 19.5 Å². The second-order valence-electron chi connectivity index (χ2n) is 5.37. The molecule has 0 heterocycles. The average Bonchev–Trinajstić information content (AvgIpc) is 2.56.